The number of carbonyl (C=O) groups excluding carboxylic acids is 1. The van der Waals surface area contributed by atoms with E-state index in [9.17, 15) is 14.3 Å². The molecule has 138 valence electrons. The van der Waals surface area contributed by atoms with Crippen LogP contribution in [0.2, 0.25) is 10.0 Å². The molecule has 0 aromatic heterocycles. The highest BCUT2D eigenvalue weighted by molar-refractivity contribution is 6.32. The Labute approximate surface area is 164 Å². The van der Waals surface area contributed by atoms with Crippen LogP contribution in [-0.4, -0.2) is 11.1 Å². The molecule has 0 saturated heterocycles. The topological polar surface area (TPSA) is 55.8 Å². The van der Waals surface area contributed by atoms with Crippen LogP contribution >= 0.6 is 23.2 Å². The normalized spacial score (nSPS) is 10.5. The zero-order valence-electron chi connectivity index (χ0n) is 14.0. The van der Waals surface area contributed by atoms with Gasteiger partial charge in [-0.2, -0.15) is 0 Å². The molecule has 1 N–H and O–H groups in total. The Hall–Kier alpha value is -2.76. The minimum absolute atomic E-state index is 0.120. The monoisotopic (exact) mass is 406 g/mol. The van der Waals surface area contributed by atoms with Crippen molar-refractivity contribution in [3.63, 3.8) is 0 Å². The van der Waals surface area contributed by atoms with Gasteiger partial charge in [0.2, 0.25) is 0 Å². The minimum atomic E-state index is -0.905. The molecule has 0 unspecified atom stereocenters. The number of aromatic hydroxyl groups is 1. The number of phenolic OH excluding ortho intramolecular Hbond substituents is 1. The Morgan fingerprint density at radius 3 is 2.33 bits per heavy atom. The smallest absolute Gasteiger partial charge is 0.347 e. The van der Waals surface area contributed by atoms with Crippen LogP contribution in [0.5, 0.6) is 23.0 Å². The minimum Gasteiger partial charge on any atom is -0.504 e. The predicted octanol–water partition coefficient (Wildman–Crippen LogP) is 6.16. The molecule has 3 rings (SSSR count). The molecule has 0 fully saturated rings. The summed E-state index contributed by atoms with van der Waals surface area (Å²) in [6.45, 7) is 1.60. The number of carbonyl (C=O) groups is 1. The van der Waals surface area contributed by atoms with E-state index in [2.05, 4.69) is 0 Å². The zero-order valence-corrected chi connectivity index (χ0v) is 15.5. The van der Waals surface area contributed by atoms with Crippen LogP contribution in [0.4, 0.5) is 4.39 Å². The van der Waals surface area contributed by atoms with Crippen molar-refractivity contribution in [2.45, 2.75) is 6.92 Å². The van der Waals surface area contributed by atoms with Gasteiger partial charge < -0.3 is 14.6 Å². The van der Waals surface area contributed by atoms with Crippen LogP contribution < -0.4 is 9.47 Å². The number of aryl methyl sites for hydroxylation is 1. The Morgan fingerprint density at radius 2 is 1.67 bits per heavy atom. The summed E-state index contributed by atoms with van der Waals surface area (Å²) in [6, 6.07) is 13.5. The Balaban J connectivity index is 1.78. The largest absolute Gasteiger partial charge is 0.504 e. The summed E-state index contributed by atoms with van der Waals surface area (Å²) in [5, 5.41) is 10.5. The second-order valence-corrected chi connectivity index (χ2v) is 6.52. The van der Waals surface area contributed by atoms with Gasteiger partial charge in [0.15, 0.2) is 11.6 Å². The molecule has 0 bridgehead atoms. The Bertz CT molecular complexity index is 1000. The molecular formula is C20H13Cl2FO4. The third kappa shape index (κ3) is 4.51. The van der Waals surface area contributed by atoms with Crippen molar-refractivity contribution in [1.29, 1.82) is 0 Å². The number of rotatable bonds is 4. The molecule has 4 nitrogen and oxygen atoms in total. The number of hydrogen-bond acceptors (Lipinski definition) is 4. The fourth-order valence-electron chi connectivity index (χ4n) is 2.31. The van der Waals surface area contributed by atoms with Crippen LogP contribution in [0.3, 0.4) is 0 Å². The highest BCUT2D eigenvalue weighted by Gasteiger charge is 2.18. The number of halogens is 3. The molecule has 0 saturated carbocycles. The van der Waals surface area contributed by atoms with E-state index in [1.807, 2.05) is 0 Å². The molecule has 0 aliphatic carbocycles. The summed E-state index contributed by atoms with van der Waals surface area (Å²) in [5.74, 6) is -1.56. The van der Waals surface area contributed by atoms with Gasteiger partial charge in [-0.3, -0.25) is 0 Å². The SMILES string of the molecule is Cc1cc(F)c(O)c(C(=O)Oc2ccc(Oc3ccc(Cl)cc3)c(Cl)c2)c1. The average molecular weight is 407 g/mol. The first-order valence-electron chi connectivity index (χ1n) is 7.78. The lowest BCUT2D eigenvalue weighted by Crippen LogP contribution is -2.10. The summed E-state index contributed by atoms with van der Waals surface area (Å²) in [4.78, 5) is 12.2. The van der Waals surface area contributed by atoms with E-state index in [-0.39, 0.29) is 16.3 Å². The van der Waals surface area contributed by atoms with Crippen molar-refractivity contribution in [1.82, 2.24) is 0 Å². The summed E-state index contributed by atoms with van der Waals surface area (Å²) in [6.07, 6.45) is 0. The van der Waals surface area contributed by atoms with Crippen molar-refractivity contribution in [3.8, 4) is 23.0 Å². The third-order valence-corrected chi connectivity index (χ3v) is 4.13. The number of ether oxygens (including phenoxy) is 2. The molecule has 0 aliphatic rings. The van der Waals surface area contributed by atoms with Gasteiger partial charge in [0.05, 0.1) is 5.02 Å². The van der Waals surface area contributed by atoms with E-state index in [0.29, 0.717) is 22.1 Å². The molecule has 0 spiro atoms. The van der Waals surface area contributed by atoms with Crippen molar-refractivity contribution in [2.24, 2.45) is 0 Å². The zero-order chi connectivity index (χ0) is 19.6. The van der Waals surface area contributed by atoms with Crippen molar-refractivity contribution in [2.75, 3.05) is 0 Å². The highest BCUT2D eigenvalue weighted by atomic mass is 35.5. The summed E-state index contributed by atoms with van der Waals surface area (Å²) < 4.78 is 24.4. The molecule has 3 aromatic rings. The molecule has 0 amide bonds. The van der Waals surface area contributed by atoms with E-state index >= 15 is 0 Å². The fraction of sp³-hybridized carbons (Fsp3) is 0.0500. The Morgan fingerprint density at radius 1 is 1.00 bits per heavy atom. The summed E-state index contributed by atoms with van der Waals surface area (Å²) in [5.41, 5.74) is 0.201. The maximum Gasteiger partial charge on any atom is 0.347 e. The van der Waals surface area contributed by atoms with Gasteiger partial charge in [-0.1, -0.05) is 23.2 Å². The molecule has 0 radical (unpaired) electrons. The third-order valence-electron chi connectivity index (χ3n) is 3.58. The summed E-state index contributed by atoms with van der Waals surface area (Å²) in [7, 11) is 0. The van der Waals surface area contributed by atoms with E-state index in [1.54, 1.807) is 31.2 Å². The van der Waals surface area contributed by atoms with Crippen molar-refractivity contribution >= 4 is 29.2 Å². The van der Waals surface area contributed by atoms with Gasteiger partial charge in [-0.15, -0.1) is 0 Å². The Kier molecular flexibility index (Phi) is 5.54. The lowest BCUT2D eigenvalue weighted by Gasteiger charge is -2.11. The average Bonchev–Trinajstić information content (AvgIpc) is 2.62. The van der Waals surface area contributed by atoms with Gasteiger partial charge in [-0.05, 0) is 61.0 Å². The lowest BCUT2D eigenvalue weighted by molar-refractivity contribution is 0.0730. The van der Waals surface area contributed by atoms with E-state index < -0.39 is 17.5 Å². The van der Waals surface area contributed by atoms with E-state index in [1.165, 1.54) is 24.3 Å². The predicted molar refractivity (Wildman–Crippen MR) is 101 cm³/mol. The van der Waals surface area contributed by atoms with Gasteiger partial charge >= 0.3 is 5.97 Å². The molecule has 0 atom stereocenters. The van der Waals surface area contributed by atoms with Gasteiger partial charge in [0, 0.05) is 11.1 Å². The maximum absolute atomic E-state index is 13.6. The first kappa shape index (κ1) is 19.0. The number of benzene rings is 3. The van der Waals surface area contributed by atoms with Gasteiger partial charge in [0.25, 0.3) is 0 Å². The van der Waals surface area contributed by atoms with Gasteiger partial charge in [0.1, 0.15) is 22.8 Å². The molecule has 0 heterocycles. The second kappa shape index (κ2) is 7.86. The van der Waals surface area contributed by atoms with Crippen LogP contribution in [0.15, 0.2) is 54.6 Å². The number of phenols is 1. The van der Waals surface area contributed by atoms with Crippen LogP contribution in [0.1, 0.15) is 15.9 Å². The molecule has 27 heavy (non-hydrogen) atoms. The van der Waals surface area contributed by atoms with Crippen LogP contribution in [0, 0.1) is 12.7 Å². The van der Waals surface area contributed by atoms with Crippen molar-refractivity contribution < 1.29 is 23.8 Å². The van der Waals surface area contributed by atoms with Crippen molar-refractivity contribution in [3.05, 3.63) is 81.6 Å². The van der Waals surface area contributed by atoms with Crippen LogP contribution in [0.25, 0.3) is 0 Å². The molecular weight excluding hydrogens is 394 g/mol. The first-order valence-corrected chi connectivity index (χ1v) is 8.53. The van der Waals surface area contributed by atoms with E-state index in [4.69, 9.17) is 32.7 Å². The number of esters is 1. The molecule has 3 aromatic carbocycles. The van der Waals surface area contributed by atoms with Crippen LogP contribution in [-0.2, 0) is 0 Å². The molecule has 7 heteroatoms. The first-order chi connectivity index (χ1) is 12.8. The van der Waals surface area contributed by atoms with E-state index in [0.717, 1.165) is 6.07 Å². The maximum atomic E-state index is 13.6. The standard InChI is InChI=1S/C20H13Cl2FO4/c1-11-8-15(19(24)17(23)9-11)20(25)27-14-6-7-18(16(22)10-14)26-13-4-2-12(21)3-5-13/h2-10,24H,1H3. The quantitative estimate of drug-likeness (QED) is 0.416. The molecule has 0 aliphatic heterocycles. The van der Waals surface area contributed by atoms with Gasteiger partial charge in [-0.25, -0.2) is 9.18 Å². The number of hydrogen-bond donors (Lipinski definition) is 1. The summed E-state index contributed by atoms with van der Waals surface area (Å²) >= 11 is 12.0. The highest BCUT2D eigenvalue weighted by Crippen LogP contribution is 2.33. The second-order valence-electron chi connectivity index (χ2n) is 5.68. The fourth-order valence-corrected chi connectivity index (χ4v) is 2.64. The lowest BCUT2D eigenvalue weighted by atomic mass is 10.1.